The maximum atomic E-state index is 11.9. The molecule has 24 heavy (non-hydrogen) atoms. The number of aryl methyl sites for hydroxylation is 1. The van der Waals surface area contributed by atoms with E-state index in [2.05, 4.69) is 15.5 Å². The molecule has 4 rings (SSSR count). The van der Waals surface area contributed by atoms with Gasteiger partial charge in [0.25, 0.3) is 0 Å². The summed E-state index contributed by atoms with van der Waals surface area (Å²) in [5.74, 6) is 2.41. The minimum absolute atomic E-state index is 0.0585. The summed E-state index contributed by atoms with van der Waals surface area (Å²) in [6.45, 7) is 1.94. The SMILES string of the molecule is Cc1[nH]nc2c1[C@@H](c1ccc(-c3cccc(Cl)c3)o1)SCC(=O)N2. The van der Waals surface area contributed by atoms with Gasteiger partial charge in [-0.05, 0) is 31.2 Å². The van der Waals surface area contributed by atoms with Gasteiger partial charge in [-0.2, -0.15) is 5.10 Å². The van der Waals surface area contributed by atoms with Gasteiger partial charge in [0.15, 0.2) is 5.82 Å². The van der Waals surface area contributed by atoms with Crippen LogP contribution in [0.5, 0.6) is 0 Å². The minimum atomic E-state index is -0.0920. The number of hydrogen-bond donors (Lipinski definition) is 2. The van der Waals surface area contributed by atoms with E-state index in [4.69, 9.17) is 16.0 Å². The molecule has 122 valence electrons. The van der Waals surface area contributed by atoms with Crippen molar-refractivity contribution in [3.63, 3.8) is 0 Å². The Hall–Kier alpha value is -2.18. The normalized spacial score (nSPS) is 17.2. The molecule has 1 atom stereocenters. The molecular weight excluding hydrogens is 346 g/mol. The molecule has 0 bridgehead atoms. The number of aromatic nitrogens is 2. The quantitative estimate of drug-likeness (QED) is 0.711. The highest BCUT2D eigenvalue weighted by molar-refractivity contribution is 8.00. The topological polar surface area (TPSA) is 70.9 Å². The standard InChI is InChI=1S/C17H14ClN3O2S/c1-9-15-16(24-8-14(22)19-17(15)21-20-9)13-6-5-12(23-13)10-3-2-4-11(18)7-10/h2-7,16H,8H2,1H3,(H2,19,20,21,22)/t16-/m1/s1. The second-order valence-electron chi connectivity index (χ2n) is 5.56. The van der Waals surface area contributed by atoms with E-state index in [0.717, 1.165) is 28.3 Å². The van der Waals surface area contributed by atoms with E-state index in [9.17, 15) is 4.79 Å². The molecule has 0 radical (unpaired) electrons. The van der Waals surface area contributed by atoms with Gasteiger partial charge < -0.3 is 9.73 Å². The Morgan fingerprint density at radius 3 is 3.04 bits per heavy atom. The third kappa shape index (κ3) is 2.72. The lowest BCUT2D eigenvalue weighted by atomic mass is 10.1. The predicted molar refractivity (Wildman–Crippen MR) is 95.4 cm³/mol. The van der Waals surface area contributed by atoms with Crippen LogP contribution in [0, 0.1) is 6.92 Å². The zero-order chi connectivity index (χ0) is 16.7. The number of thioether (sulfide) groups is 1. The second kappa shape index (κ2) is 6.03. The van der Waals surface area contributed by atoms with Crippen molar-refractivity contribution < 1.29 is 9.21 Å². The van der Waals surface area contributed by atoms with E-state index in [-0.39, 0.29) is 11.2 Å². The fraction of sp³-hybridized carbons (Fsp3) is 0.176. The highest BCUT2D eigenvalue weighted by Gasteiger charge is 2.30. The first-order chi connectivity index (χ1) is 11.6. The van der Waals surface area contributed by atoms with Gasteiger partial charge in [0.2, 0.25) is 5.91 Å². The number of carbonyl (C=O) groups is 1. The predicted octanol–water partition coefficient (Wildman–Crippen LogP) is 4.41. The molecule has 2 aromatic heterocycles. The van der Waals surface area contributed by atoms with Crippen molar-refractivity contribution in [1.82, 2.24) is 10.2 Å². The molecule has 0 saturated heterocycles. The number of furan rings is 1. The summed E-state index contributed by atoms with van der Waals surface area (Å²) in [7, 11) is 0. The maximum Gasteiger partial charge on any atom is 0.235 e. The van der Waals surface area contributed by atoms with Crippen molar-refractivity contribution in [1.29, 1.82) is 0 Å². The van der Waals surface area contributed by atoms with Crippen molar-refractivity contribution in [3.05, 3.63) is 58.4 Å². The first kappa shape index (κ1) is 15.4. The summed E-state index contributed by atoms with van der Waals surface area (Å²) in [5, 5.41) is 10.5. The summed E-state index contributed by atoms with van der Waals surface area (Å²) in [5.41, 5.74) is 2.80. The van der Waals surface area contributed by atoms with Gasteiger partial charge in [-0.15, -0.1) is 11.8 Å². The summed E-state index contributed by atoms with van der Waals surface area (Å²) in [6.07, 6.45) is 0. The molecule has 1 aliphatic rings. The molecule has 5 nitrogen and oxygen atoms in total. The molecule has 7 heteroatoms. The van der Waals surface area contributed by atoms with Gasteiger partial charge >= 0.3 is 0 Å². The van der Waals surface area contributed by atoms with Crippen LogP contribution in [0.25, 0.3) is 11.3 Å². The first-order valence-corrected chi connectivity index (χ1v) is 8.86. The number of amides is 1. The monoisotopic (exact) mass is 359 g/mol. The number of aromatic amines is 1. The molecule has 1 amide bonds. The third-order valence-electron chi connectivity index (χ3n) is 3.89. The van der Waals surface area contributed by atoms with Crippen LogP contribution in [0.15, 0.2) is 40.8 Å². The number of benzene rings is 1. The van der Waals surface area contributed by atoms with Gasteiger partial charge in [0.05, 0.1) is 11.0 Å². The molecule has 0 unspecified atom stereocenters. The molecule has 2 N–H and O–H groups in total. The average Bonchev–Trinajstić information content (AvgIpc) is 3.13. The Morgan fingerprint density at radius 1 is 1.33 bits per heavy atom. The molecule has 1 aliphatic heterocycles. The van der Waals surface area contributed by atoms with Crippen molar-refractivity contribution in [3.8, 4) is 11.3 Å². The highest BCUT2D eigenvalue weighted by Crippen LogP contribution is 2.43. The highest BCUT2D eigenvalue weighted by atomic mass is 35.5. The molecule has 0 aliphatic carbocycles. The van der Waals surface area contributed by atoms with Crippen LogP contribution in [-0.2, 0) is 4.79 Å². The van der Waals surface area contributed by atoms with Crippen molar-refractivity contribution in [2.75, 3.05) is 11.1 Å². The van der Waals surface area contributed by atoms with Crippen LogP contribution >= 0.6 is 23.4 Å². The van der Waals surface area contributed by atoms with Crippen LogP contribution in [0.2, 0.25) is 5.02 Å². The van der Waals surface area contributed by atoms with E-state index >= 15 is 0 Å². The van der Waals surface area contributed by atoms with Crippen LogP contribution in [0.3, 0.4) is 0 Å². The fourth-order valence-electron chi connectivity index (χ4n) is 2.78. The fourth-order valence-corrected chi connectivity index (χ4v) is 4.11. The zero-order valence-electron chi connectivity index (χ0n) is 12.8. The molecule has 1 aromatic carbocycles. The number of carbonyl (C=O) groups excluding carboxylic acids is 1. The molecule has 3 aromatic rings. The molecule has 0 fully saturated rings. The van der Waals surface area contributed by atoms with Gasteiger partial charge in [-0.1, -0.05) is 23.7 Å². The number of halogens is 1. The Balaban J connectivity index is 1.74. The van der Waals surface area contributed by atoms with E-state index in [1.54, 1.807) is 0 Å². The van der Waals surface area contributed by atoms with E-state index in [1.807, 2.05) is 43.3 Å². The maximum absolute atomic E-state index is 11.9. The molecule has 3 heterocycles. The number of nitrogens with zero attached hydrogens (tertiary/aromatic N) is 1. The summed E-state index contributed by atoms with van der Waals surface area (Å²) >= 11 is 7.58. The lowest BCUT2D eigenvalue weighted by Gasteiger charge is -2.11. The number of anilines is 1. The van der Waals surface area contributed by atoms with E-state index in [1.165, 1.54) is 11.8 Å². The van der Waals surface area contributed by atoms with Gasteiger partial charge in [-0.3, -0.25) is 9.89 Å². The van der Waals surface area contributed by atoms with Gasteiger partial charge in [0.1, 0.15) is 11.5 Å². The van der Waals surface area contributed by atoms with Crippen molar-refractivity contribution in [2.45, 2.75) is 12.2 Å². The zero-order valence-corrected chi connectivity index (χ0v) is 14.4. The number of H-pyrrole nitrogens is 1. The Labute approximate surface area is 147 Å². The first-order valence-electron chi connectivity index (χ1n) is 7.44. The lowest BCUT2D eigenvalue weighted by molar-refractivity contribution is -0.113. The van der Waals surface area contributed by atoms with Crippen LogP contribution in [-0.4, -0.2) is 21.9 Å². The van der Waals surface area contributed by atoms with Crippen molar-refractivity contribution >= 4 is 35.1 Å². The van der Waals surface area contributed by atoms with E-state index in [0.29, 0.717) is 16.6 Å². The number of rotatable bonds is 2. The van der Waals surface area contributed by atoms with Gasteiger partial charge in [-0.25, -0.2) is 0 Å². The average molecular weight is 360 g/mol. The Kier molecular flexibility index (Phi) is 3.86. The summed E-state index contributed by atoms with van der Waals surface area (Å²) < 4.78 is 6.08. The number of fused-ring (bicyclic) bond motifs is 1. The Morgan fingerprint density at radius 2 is 2.21 bits per heavy atom. The van der Waals surface area contributed by atoms with Gasteiger partial charge in [0, 0.05) is 21.8 Å². The number of hydrogen-bond acceptors (Lipinski definition) is 4. The number of nitrogens with one attached hydrogen (secondary N) is 2. The second-order valence-corrected chi connectivity index (χ2v) is 7.09. The van der Waals surface area contributed by atoms with Crippen LogP contribution < -0.4 is 5.32 Å². The lowest BCUT2D eigenvalue weighted by Crippen LogP contribution is -2.12. The Bertz CT molecular complexity index is 918. The van der Waals surface area contributed by atoms with Crippen molar-refractivity contribution in [2.24, 2.45) is 0 Å². The summed E-state index contributed by atoms with van der Waals surface area (Å²) in [6, 6.07) is 11.4. The molecular formula is C17H14ClN3O2S. The van der Waals surface area contributed by atoms with Crippen LogP contribution in [0.4, 0.5) is 5.82 Å². The third-order valence-corrected chi connectivity index (χ3v) is 5.36. The largest absolute Gasteiger partial charge is 0.460 e. The van der Waals surface area contributed by atoms with E-state index < -0.39 is 0 Å². The smallest absolute Gasteiger partial charge is 0.235 e. The molecule has 0 saturated carbocycles. The van der Waals surface area contributed by atoms with Crippen LogP contribution in [0.1, 0.15) is 22.3 Å². The summed E-state index contributed by atoms with van der Waals surface area (Å²) in [4.78, 5) is 11.9. The minimum Gasteiger partial charge on any atom is -0.460 e. The molecule has 0 spiro atoms.